The Morgan fingerprint density at radius 1 is 1.24 bits per heavy atom. The Balaban J connectivity index is 2.09. The zero-order chi connectivity index (χ0) is 12.1. The van der Waals surface area contributed by atoms with Crippen molar-refractivity contribution in [1.82, 2.24) is 9.97 Å². The van der Waals surface area contributed by atoms with Crippen LogP contribution in [0.25, 0.3) is 0 Å². The van der Waals surface area contributed by atoms with Crippen molar-refractivity contribution in [1.29, 1.82) is 0 Å². The van der Waals surface area contributed by atoms with Crippen molar-refractivity contribution in [2.45, 2.75) is 6.61 Å². The molecule has 0 aliphatic heterocycles. The lowest BCUT2D eigenvalue weighted by Crippen LogP contribution is -2.10. The summed E-state index contributed by atoms with van der Waals surface area (Å²) in [6, 6.07) is 9.84. The summed E-state index contributed by atoms with van der Waals surface area (Å²) in [5.41, 5.74) is 3.53. The number of nitrogens with zero attached hydrogens (tertiary/aromatic N) is 2. The molecule has 0 amide bonds. The zero-order valence-corrected chi connectivity index (χ0v) is 10.5. The van der Waals surface area contributed by atoms with Crippen LogP contribution in [-0.4, -0.2) is 9.97 Å². The Kier molecular flexibility index (Phi) is 3.89. The van der Waals surface area contributed by atoms with Gasteiger partial charge in [-0.1, -0.05) is 30.3 Å². The predicted octanol–water partition coefficient (Wildman–Crippen LogP) is 2.10. The fourth-order valence-corrected chi connectivity index (χ4v) is 1.71. The number of nitrogens with one attached hydrogen (secondary N) is 1. The van der Waals surface area contributed by atoms with Crippen LogP contribution in [0.1, 0.15) is 5.56 Å². The van der Waals surface area contributed by atoms with Gasteiger partial charge in [-0.25, -0.2) is 15.8 Å². The van der Waals surface area contributed by atoms with Crippen LogP contribution >= 0.6 is 15.9 Å². The second-order valence-electron chi connectivity index (χ2n) is 3.26. The Hall–Kier alpha value is -1.66. The number of aromatic nitrogens is 2. The number of rotatable bonds is 4. The summed E-state index contributed by atoms with van der Waals surface area (Å²) in [4.78, 5) is 7.96. The van der Waals surface area contributed by atoms with E-state index in [9.17, 15) is 0 Å². The number of nitrogens with two attached hydrogens (primary N) is 1. The van der Waals surface area contributed by atoms with E-state index in [0.29, 0.717) is 22.8 Å². The van der Waals surface area contributed by atoms with Crippen molar-refractivity contribution in [2.24, 2.45) is 5.84 Å². The van der Waals surface area contributed by atoms with Gasteiger partial charge in [0, 0.05) is 0 Å². The summed E-state index contributed by atoms with van der Waals surface area (Å²) in [6.45, 7) is 0.445. The van der Waals surface area contributed by atoms with E-state index in [-0.39, 0.29) is 0 Å². The smallest absolute Gasteiger partial charge is 0.233 e. The third kappa shape index (κ3) is 2.92. The average Bonchev–Trinajstić information content (AvgIpc) is 2.39. The maximum atomic E-state index is 5.57. The Morgan fingerprint density at radius 2 is 2.00 bits per heavy atom. The van der Waals surface area contributed by atoms with Gasteiger partial charge in [-0.15, -0.1) is 0 Å². The quantitative estimate of drug-likeness (QED) is 0.667. The summed E-state index contributed by atoms with van der Waals surface area (Å²) in [7, 11) is 0. The summed E-state index contributed by atoms with van der Waals surface area (Å²) in [5.74, 6) is 6.25. The van der Waals surface area contributed by atoms with E-state index < -0.39 is 0 Å². The molecule has 2 aromatic rings. The molecular weight excluding hydrogens is 284 g/mol. The normalized spacial score (nSPS) is 10.0. The first-order valence-electron chi connectivity index (χ1n) is 4.95. The fraction of sp³-hybridized carbons (Fsp3) is 0.0909. The maximum Gasteiger partial charge on any atom is 0.233 e. The summed E-state index contributed by atoms with van der Waals surface area (Å²) >= 11 is 3.32. The molecule has 0 spiro atoms. The van der Waals surface area contributed by atoms with E-state index in [4.69, 9.17) is 10.6 Å². The van der Waals surface area contributed by atoms with Gasteiger partial charge in [0.25, 0.3) is 0 Å². The van der Waals surface area contributed by atoms with Crippen LogP contribution in [0.3, 0.4) is 0 Å². The zero-order valence-electron chi connectivity index (χ0n) is 8.93. The van der Waals surface area contributed by atoms with Gasteiger partial charge in [0.15, 0.2) is 5.82 Å². The highest BCUT2D eigenvalue weighted by Crippen LogP contribution is 2.28. The molecule has 0 fully saturated rings. The fourth-order valence-electron chi connectivity index (χ4n) is 1.28. The molecule has 0 aliphatic carbocycles. The predicted molar refractivity (Wildman–Crippen MR) is 68.3 cm³/mol. The highest BCUT2D eigenvalue weighted by Gasteiger charge is 2.08. The van der Waals surface area contributed by atoms with E-state index in [0.717, 1.165) is 5.56 Å². The van der Waals surface area contributed by atoms with Crippen LogP contribution < -0.4 is 16.0 Å². The minimum absolute atomic E-state index is 0.445. The molecule has 1 heterocycles. The molecule has 5 nitrogen and oxygen atoms in total. The highest BCUT2D eigenvalue weighted by molar-refractivity contribution is 9.10. The van der Waals surface area contributed by atoms with Gasteiger partial charge in [0.2, 0.25) is 5.88 Å². The lowest BCUT2D eigenvalue weighted by atomic mass is 10.2. The number of hydrazine groups is 1. The molecule has 17 heavy (non-hydrogen) atoms. The topological polar surface area (TPSA) is 73.1 Å². The van der Waals surface area contributed by atoms with Crippen LogP contribution in [0.4, 0.5) is 5.82 Å². The van der Waals surface area contributed by atoms with Gasteiger partial charge in [0.1, 0.15) is 17.4 Å². The minimum Gasteiger partial charge on any atom is -0.472 e. The number of hydrogen-bond acceptors (Lipinski definition) is 5. The number of benzene rings is 1. The van der Waals surface area contributed by atoms with Gasteiger partial charge in [0.05, 0.1) is 0 Å². The number of hydrogen-bond donors (Lipinski definition) is 2. The van der Waals surface area contributed by atoms with Crippen LogP contribution in [-0.2, 0) is 6.61 Å². The van der Waals surface area contributed by atoms with E-state index in [2.05, 4.69) is 31.3 Å². The summed E-state index contributed by atoms with van der Waals surface area (Å²) in [5, 5.41) is 0. The molecule has 3 N–H and O–H groups in total. The Labute approximate surface area is 107 Å². The first-order chi connectivity index (χ1) is 8.31. The van der Waals surface area contributed by atoms with Crippen molar-refractivity contribution in [3.8, 4) is 5.88 Å². The molecule has 0 atom stereocenters. The molecule has 1 aromatic carbocycles. The molecular formula is C11H11BrN4O. The third-order valence-corrected chi connectivity index (χ3v) is 2.83. The Morgan fingerprint density at radius 3 is 2.71 bits per heavy atom. The molecule has 0 unspecified atom stereocenters. The van der Waals surface area contributed by atoms with Crippen LogP contribution in [0.15, 0.2) is 41.1 Å². The van der Waals surface area contributed by atoms with Crippen LogP contribution in [0.5, 0.6) is 5.88 Å². The van der Waals surface area contributed by atoms with Gasteiger partial charge in [-0.2, -0.15) is 0 Å². The van der Waals surface area contributed by atoms with Gasteiger partial charge in [-0.3, -0.25) is 0 Å². The van der Waals surface area contributed by atoms with Crippen molar-refractivity contribution >= 4 is 21.7 Å². The van der Waals surface area contributed by atoms with Crippen LogP contribution in [0.2, 0.25) is 0 Å². The van der Waals surface area contributed by atoms with E-state index >= 15 is 0 Å². The molecule has 2 rings (SSSR count). The number of halogens is 1. The third-order valence-electron chi connectivity index (χ3n) is 2.11. The van der Waals surface area contributed by atoms with Gasteiger partial charge in [-0.05, 0) is 21.5 Å². The molecule has 0 radical (unpaired) electrons. The second kappa shape index (κ2) is 5.60. The first kappa shape index (κ1) is 11.8. The lowest BCUT2D eigenvalue weighted by Gasteiger charge is -2.08. The molecule has 0 saturated heterocycles. The van der Waals surface area contributed by atoms with E-state index in [1.807, 2.05) is 30.3 Å². The largest absolute Gasteiger partial charge is 0.472 e. The summed E-state index contributed by atoms with van der Waals surface area (Å²) in [6.07, 6.45) is 1.39. The SMILES string of the molecule is NNc1ncnc(OCc2ccccc2)c1Br. The molecule has 6 heteroatoms. The monoisotopic (exact) mass is 294 g/mol. The molecule has 0 saturated carbocycles. The minimum atomic E-state index is 0.445. The van der Waals surface area contributed by atoms with Crippen molar-refractivity contribution in [3.63, 3.8) is 0 Å². The Bertz CT molecular complexity index is 492. The molecule has 0 bridgehead atoms. The van der Waals surface area contributed by atoms with Gasteiger partial charge >= 0.3 is 0 Å². The van der Waals surface area contributed by atoms with Crippen LogP contribution in [0, 0.1) is 0 Å². The molecule has 88 valence electrons. The number of nitrogen functional groups attached to an aromatic ring is 1. The van der Waals surface area contributed by atoms with Gasteiger partial charge < -0.3 is 10.2 Å². The number of ether oxygens (including phenoxy) is 1. The van der Waals surface area contributed by atoms with Crippen molar-refractivity contribution in [2.75, 3.05) is 5.43 Å². The standard InChI is InChI=1S/C11H11BrN4O/c12-9-10(16-13)14-7-15-11(9)17-6-8-4-2-1-3-5-8/h1-5,7H,6,13H2,(H,14,15,16). The molecule has 1 aromatic heterocycles. The molecule has 0 aliphatic rings. The second-order valence-corrected chi connectivity index (χ2v) is 4.05. The van der Waals surface area contributed by atoms with E-state index in [1.165, 1.54) is 6.33 Å². The maximum absolute atomic E-state index is 5.57. The van der Waals surface area contributed by atoms with Crippen molar-refractivity contribution < 1.29 is 4.74 Å². The number of anilines is 1. The summed E-state index contributed by atoms with van der Waals surface area (Å²) < 4.78 is 6.18. The lowest BCUT2D eigenvalue weighted by molar-refractivity contribution is 0.291. The first-order valence-corrected chi connectivity index (χ1v) is 5.74. The average molecular weight is 295 g/mol. The van der Waals surface area contributed by atoms with E-state index in [1.54, 1.807) is 0 Å². The highest BCUT2D eigenvalue weighted by atomic mass is 79.9. The van der Waals surface area contributed by atoms with Crippen molar-refractivity contribution in [3.05, 3.63) is 46.7 Å².